The van der Waals surface area contributed by atoms with Crippen molar-refractivity contribution in [2.75, 3.05) is 14.2 Å². The molecule has 3 aromatic rings. The van der Waals surface area contributed by atoms with Gasteiger partial charge in [-0.05, 0) is 24.3 Å². The second kappa shape index (κ2) is 7.42. The van der Waals surface area contributed by atoms with E-state index in [0.29, 0.717) is 26.5 Å². The number of hydrogen-bond donors (Lipinski definition) is 0. The Morgan fingerprint density at radius 1 is 1.27 bits per heavy atom. The van der Waals surface area contributed by atoms with Gasteiger partial charge in [0.25, 0.3) is 5.91 Å². The van der Waals surface area contributed by atoms with E-state index in [9.17, 15) is 9.18 Å². The fourth-order valence-corrected chi connectivity index (χ4v) is 3.65. The van der Waals surface area contributed by atoms with Crippen LogP contribution >= 0.6 is 11.3 Å². The molecule has 0 aliphatic rings. The highest BCUT2D eigenvalue weighted by Gasteiger charge is 2.17. The first-order chi connectivity index (χ1) is 12.6. The number of fused-ring (bicyclic) bond motifs is 1. The zero-order valence-corrected chi connectivity index (χ0v) is 15.0. The molecule has 0 aliphatic heterocycles. The zero-order valence-electron chi connectivity index (χ0n) is 14.2. The van der Waals surface area contributed by atoms with Crippen LogP contribution in [0.1, 0.15) is 10.4 Å². The van der Waals surface area contributed by atoms with Crippen LogP contribution in [0.3, 0.4) is 0 Å². The largest absolute Gasteiger partial charge is 0.493 e. The van der Waals surface area contributed by atoms with E-state index < -0.39 is 11.7 Å². The van der Waals surface area contributed by atoms with Gasteiger partial charge in [-0.25, -0.2) is 4.39 Å². The molecule has 7 heteroatoms. The van der Waals surface area contributed by atoms with Crippen molar-refractivity contribution >= 4 is 27.5 Å². The summed E-state index contributed by atoms with van der Waals surface area (Å²) in [5.41, 5.74) is 0.580. The minimum absolute atomic E-state index is 0.0995. The number of rotatable bonds is 4. The number of nitrogens with zero attached hydrogens (tertiary/aromatic N) is 2. The Morgan fingerprint density at radius 3 is 2.73 bits per heavy atom. The molecule has 1 amide bonds. The van der Waals surface area contributed by atoms with Crippen molar-refractivity contribution < 1.29 is 18.7 Å². The van der Waals surface area contributed by atoms with Crippen LogP contribution < -0.4 is 14.3 Å². The molecule has 0 fully saturated rings. The van der Waals surface area contributed by atoms with Gasteiger partial charge in [0.05, 0.1) is 36.5 Å². The summed E-state index contributed by atoms with van der Waals surface area (Å²) < 4.78 is 26.9. The average Bonchev–Trinajstić information content (AvgIpc) is 2.99. The first-order valence-electron chi connectivity index (χ1n) is 7.62. The van der Waals surface area contributed by atoms with Crippen molar-refractivity contribution in [1.29, 1.82) is 0 Å². The number of carbonyl (C=O) groups is 1. The number of terminal acetylenes is 1. The van der Waals surface area contributed by atoms with Gasteiger partial charge >= 0.3 is 0 Å². The molecule has 2 aromatic carbocycles. The molecule has 1 heterocycles. The van der Waals surface area contributed by atoms with Crippen LogP contribution in [0.4, 0.5) is 4.39 Å². The number of thiazole rings is 1. The number of hydrogen-bond acceptors (Lipinski definition) is 4. The van der Waals surface area contributed by atoms with Gasteiger partial charge < -0.3 is 14.0 Å². The molecule has 5 nitrogen and oxygen atoms in total. The van der Waals surface area contributed by atoms with Crippen molar-refractivity contribution in [2.45, 2.75) is 6.54 Å². The molecule has 0 unspecified atom stereocenters. The van der Waals surface area contributed by atoms with Crippen molar-refractivity contribution in [2.24, 2.45) is 4.99 Å². The van der Waals surface area contributed by atoms with Crippen LogP contribution in [0.15, 0.2) is 41.4 Å². The normalized spacial score (nSPS) is 11.4. The van der Waals surface area contributed by atoms with E-state index >= 15 is 0 Å². The molecule has 0 radical (unpaired) electrons. The third kappa shape index (κ3) is 3.07. The van der Waals surface area contributed by atoms with E-state index in [0.717, 1.165) is 0 Å². The molecule has 0 aliphatic carbocycles. The summed E-state index contributed by atoms with van der Waals surface area (Å²) in [6.07, 6.45) is 5.40. The fourth-order valence-electron chi connectivity index (χ4n) is 2.61. The highest BCUT2D eigenvalue weighted by atomic mass is 32.1. The van der Waals surface area contributed by atoms with Gasteiger partial charge in [-0.3, -0.25) is 4.79 Å². The van der Waals surface area contributed by atoms with Gasteiger partial charge in [0, 0.05) is 0 Å². The van der Waals surface area contributed by atoms with Gasteiger partial charge in [-0.15, -0.1) is 6.42 Å². The lowest BCUT2D eigenvalue weighted by Crippen LogP contribution is -2.17. The monoisotopic (exact) mass is 370 g/mol. The maximum Gasteiger partial charge on any atom is 0.283 e. The Balaban J connectivity index is 2.20. The number of methoxy groups -OCH3 is 2. The summed E-state index contributed by atoms with van der Waals surface area (Å²) >= 11 is 1.19. The second-order valence-electron chi connectivity index (χ2n) is 5.22. The van der Waals surface area contributed by atoms with Crippen molar-refractivity contribution in [3.05, 3.63) is 52.6 Å². The molecule has 0 atom stereocenters. The zero-order chi connectivity index (χ0) is 18.7. The lowest BCUT2D eigenvalue weighted by molar-refractivity contribution is 0.0994. The minimum atomic E-state index is -0.529. The molecule has 0 N–H and O–H groups in total. The van der Waals surface area contributed by atoms with Crippen LogP contribution in [-0.4, -0.2) is 24.7 Å². The predicted molar refractivity (Wildman–Crippen MR) is 98.0 cm³/mol. The first kappa shape index (κ1) is 17.7. The van der Waals surface area contributed by atoms with Crippen LogP contribution in [-0.2, 0) is 6.54 Å². The van der Waals surface area contributed by atoms with E-state index in [1.807, 2.05) is 0 Å². The Morgan fingerprint density at radius 2 is 2.04 bits per heavy atom. The molecular formula is C19H15FN2O3S. The third-order valence-electron chi connectivity index (χ3n) is 3.73. The molecule has 0 spiro atoms. The van der Waals surface area contributed by atoms with Crippen LogP contribution in [0, 0.1) is 18.2 Å². The number of halogens is 1. The number of para-hydroxylation sites is 2. The number of amides is 1. The second-order valence-corrected chi connectivity index (χ2v) is 6.23. The number of aromatic nitrogens is 1. The van der Waals surface area contributed by atoms with Gasteiger partial charge in [0.15, 0.2) is 16.3 Å². The highest BCUT2D eigenvalue weighted by Crippen LogP contribution is 2.31. The Labute approximate surface area is 153 Å². The molecule has 0 bridgehead atoms. The summed E-state index contributed by atoms with van der Waals surface area (Å²) in [5, 5.41) is 0. The van der Waals surface area contributed by atoms with E-state index in [2.05, 4.69) is 10.9 Å². The van der Waals surface area contributed by atoms with Crippen LogP contribution in [0.2, 0.25) is 0 Å². The highest BCUT2D eigenvalue weighted by molar-refractivity contribution is 7.16. The number of benzene rings is 2. The third-order valence-corrected chi connectivity index (χ3v) is 4.78. The van der Waals surface area contributed by atoms with Crippen LogP contribution in [0.5, 0.6) is 11.5 Å². The van der Waals surface area contributed by atoms with E-state index in [1.165, 1.54) is 36.2 Å². The summed E-state index contributed by atoms with van der Waals surface area (Å²) in [5.74, 6) is 2.24. The van der Waals surface area contributed by atoms with Crippen LogP contribution in [0.25, 0.3) is 10.2 Å². The van der Waals surface area contributed by atoms with E-state index in [-0.39, 0.29) is 12.1 Å². The molecule has 0 saturated carbocycles. The van der Waals surface area contributed by atoms with Crippen molar-refractivity contribution in [3.8, 4) is 23.8 Å². The lowest BCUT2D eigenvalue weighted by atomic mass is 10.2. The summed E-state index contributed by atoms with van der Waals surface area (Å²) in [7, 11) is 2.93. The van der Waals surface area contributed by atoms with Gasteiger partial charge in [-0.1, -0.05) is 29.4 Å². The lowest BCUT2D eigenvalue weighted by Gasteiger charge is -2.09. The van der Waals surface area contributed by atoms with Gasteiger partial charge in [0.1, 0.15) is 5.82 Å². The maximum absolute atomic E-state index is 14.2. The predicted octanol–water partition coefficient (Wildman–Crippen LogP) is 3.23. The molecule has 26 heavy (non-hydrogen) atoms. The standard InChI is InChI=1S/C19H15FN2O3S/c1-4-11-22-16-13(20)8-6-10-15(16)26-19(22)21-18(23)12-7-5-9-14(24-2)17(12)25-3/h1,5-10H,11H2,2-3H3. The van der Waals surface area contributed by atoms with Gasteiger partial charge in [-0.2, -0.15) is 4.99 Å². The quantitative estimate of drug-likeness (QED) is 0.663. The smallest absolute Gasteiger partial charge is 0.283 e. The van der Waals surface area contributed by atoms with Crippen molar-refractivity contribution in [1.82, 2.24) is 4.57 Å². The summed E-state index contributed by atoms with van der Waals surface area (Å²) in [6.45, 7) is 0.0995. The maximum atomic E-state index is 14.2. The average molecular weight is 370 g/mol. The Bertz CT molecular complexity index is 1090. The van der Waals surface area contributed by atoms with Crippen molar-refractivity contribution in [3.63, 3.8) is 0 Å². The first-order valence-corrected chi connectivity index (χ1v) is 8.43. The summed E-state index contributed by atoms with van der Waals surface area (Å²) in [4.78, 5) is 17.2. The number of carbonyl (C=O) groups excluding carboxylic acids is 1. The Hall–Kier alpha value is -3.11. The van der Waals surface area contributed by atoms with E-state index in [1.54, 1.807) is 30.3 Å². The van der Waals surface area contributed by atoms with Gasteiger partial charge in [0.2, 0.25) is 0 Å². The number of ether oxygens (including phenoxy) is 2. The molecule has 132 valence electrons. The fraction of sp³-hybridized carbons (Fsp3) is 0.158. The molecular weight excluding hydrogens is 355 g/mol. The SMILES string of the molecule is C#CCn1c(=NC(=O)c2cccc(OC)c2OC)sc2cccc(F)c21. The molecule has 0 saturated heterocycles. The minimum Gasteiger partial charge on any atom is -0.493 e. The summed E-state index contributed by atoms with van der Waals surface area (Å²) in [6, 6.07) is 9.65. The molecule has 1 aromatic heterocycles. The topological polar surface area (TPSA) is 52.8 Å². The Kier molecular flexibility index (Phi) is 5.05. The van der Waals surface area contributed by atoms with E-state index in [4.69, 9.17) is 15.9 Å². The molecule has 3 rings (SSSR count).